The largest absolute Gasteiger partial charge is 0.478 e. The molecule has 2 rings (SSSR count). The molecule has 25 heavy (non-hydrogen) atoms. The first-order valence-corrected chi connectivity index (χ1v) is 7.73. The number of benzene rings is 2. The predicted molar refractivity (Wildman–Crippen MR) is 99.1 cm³/mol. The van der Waals surface area contributed by atoms with E-state index in [0.29, 0.717) is 22.3 Å². The molecule has 2 aromatic rings. The number of hydrogen-bond donors (Lipinski definition) is 2. The lowest BCUT2D eigenvalue weighted by atomic mass is 9.73. The standard InChI is InChI=1S/C21H20O4/c1-5-13-7-9-17(15(11-13)19(22)23)21(3,4)18-10-8-14(6-2)12-16(18)20(24)25/h5-12H,1-2H2,3-4H3,(H,22,23)(H,24,25). The van der Waals surface area contributed by atoms with Gasteiger partial charge < -0.3 is 10.2 Å². The lowest BCUT2D eigenvalue weighted by Gasteiger charge is -2.29. The van der Waals surface area contributed by atoms with Crippen LogP contribution in [-0.2, 0) is 5.41 Å². The van der Waals surface area contributed by atoms with E-state index in [1.165, 1.54) is 0 Å². The SMILES string of the molecule is C=Cc1ccc(C(C)(C)c2ccc(C=C)cc2C(=O)O)c(C(=O)O)c1. The van der Waals surface area contributed by atoms with Gasteiger partial charge in [-0.1, -0.05) is 63.4 Å². The number of aromatic carboxylic acids is 2. The highest BCUT2D eigenvalue weighted by Gasteiger charge is 2.31. The minimum atomic E-state index is -1.06. The molecule has 0 spiro atoms. The minimum Gasteiger partial charge on any atom is -0.478 e. The summed E-state index contributed by atoms with van der Waals surface area (Å²) < 4.78 is 0. The molecule has 0 bridgehead atoms. The molecule has 2 aromatic carbocycles. The zero-order valence-electron chi connectivity index (χ0n) is 14.2. The van der Waals surface area contributed by atoms with Crippen molar-refractivity contribution in [2.24, 2.45) is 0 Å². The molecule has 0 aliphatic heterocycles. The van der Waals surface area contributed by atoms with Gasteiger partial charge in [-0.3, -0.25) is 0 Å². The van der Waals surface area contributed by atoms with Crippen LogP contribution < -0.4 is 0 Å². The predicted octanol–water partition coefficient (Wildman–Crippen LogP) is 4.69. The van der Waals surface area contributed by atoms with E-state index < -0.39 is 17.4 Å². The fourth-order valence-electron chi connectivity index (χ4n) is 2.97. The molecule has 128 valence electrons. The number of carboxylic acids is 2. The molecule has 0 saturated heterocycles. The van der Waals surface area contributed by atoms with Crippen molar-refractivity contribution in [3.8, 4) is 0 Å². The molecule has 0 aliphatic carbocycles. The normalized spacial score (nSPS) is 11.0. The van der Waals surface area contributed by atoms with Crippen LogP contribution in [0.15, 0.2) is 49.6 Å². The molecular formula is C21H20O4. The van der Waals surface area contributed by atoms with Crippen molar-refractivity contribution >= 4 is 24.1 Å². The summed E-state index contributed by atoms with van der Waals surface area (Å²) in [7, 11) is 0. The van der Waals surface area contributed by atoms with E-state index in [0.717, 1.165) is 0 Å². The second-order valence-electron chi connectivity index (χ2n) is 6.25. The van der Waals surface area contributed by atoms with E-state index in [-0.39, 0.29) is 11.1 Å². The first kappa shape index (κ1) is 18.2. The van der Waals surface area contributed by atoms with Crippen molar-refractivity contribution in [2.75, 3.05) is 0 Å². The Morgan fingerprint density at radius 2 is 1.20 bits per heavy atom. The Bertz CT molecular complexity index is 804. The molecule has 0 aliphatic rings. The van der Waals surface area contributed by atoms with Gasteiger partial charge in [0.15, 0.2) is 0 Å². The van der Waals surface area contributed by atoms with E-state index in [2.05, 4.69) is 13.2 Å². The smallest absolute Gasteiger partial charge is 0.336 e. The number of rotatable bonds is 6. The van der Waals surface area contributed by atoms with Crippen LogP contribution in [0.2, 0.25) is 0 Å². The van der Waals surface area contributed by atoms with Crippen LogP contribution in [0.25, 0.3) is 12.2 Å². The van der Waals surface area contributed by atoms with Gasteiger partial charge in [-0.25, -0.2) is 9.59 Å². The Hall–Kier alpha value is -3.14. The lowest BCUT2D eigenvalue weighted by molar-refractivity contribution is 0.0686. The van der Waals surface area contributed by atoms with Crippen molar-refractivity contribution in [3.05, 3.63) is 82.9 Å². The highest BCUT2D eigenvalue weighted by molar-refractivity contribution is 5.93. The van der Waals surface area contributed by atoms with E-state index in [1.54, 1.807) is 48.6 Å². The third kappa shape index (κ3) is 3.38. The first-order valence-electron chi connectivity index (χ1n) is 7.73. The summed E-state index contributed by atoms with van der Waals surface area (Å²) in [6.07, 6.45) is 3.15. The quantitative estimate of drug-likeness (QED) is 0.802. The van der Waals surface area contributed by atoms with Crippen LogP contribution in [0.1, 0.15) is 56.8 Å². The maximum atomic E-state index is 11.7. The van der Waals surface area contributed by atoms with Crippen LogP contribution in [0, 0.1) is 0 Å². The summed E-state index contributed by atoms with van der Waals surface area (Å²) >= 11 is 0. The van der Waals surface area contributed by atoms with Crippen LogP contribution in [0.3, 0.4) is 0 Å². The fourth-order valence-corrected chi connectivity index (χ4v) is 2.97. The third-order valence-corrected chi connectivity index (χ3v) is 4.37. The van der Waals surface area contributed by atoms with Gasteiger partial charge in [-0.2, -0.15) is 0 Å². The van der Waals surface area contributed by atoms with Gasteiger partial charge >= 0.3 is 11.9 Å². The van der Waals surface area contributed by atoms with Crippen molar-refractivity contribution in [1.29, 1.82) is 0 Å². The average molecular weight is 336 g/mol. The van der Waals surface area contributed by atoms with E-state index in [1.807, 2.05) is 13.8 Å². The molecular weight excluding hydrogens is 316 g/mol. The van der Waals surface area contributed by atoms with Gasteiger partial charge in [0.05, 0.1) is 11.1 Å². The van der Waals surface area contributed by atoms with Crippen LogP contribution >= 0.6 is 0 Å². The Morgan fingerprint density at radius 3 is 1.48 bits per heavy atom. The molecule has 0 saturated carbocycles. The molecule has 0 atom stereocenters. The third-order valence-electron chi connectivity index (χ3n) is 4.37. The molecule has 0 heterocycles. The van der Waals surface area contributed by atoms with Crippen molar-refractivity contribution in [3.63, 3.8) is 0 Å². The van der Waals surface area contributed by atoms with E-state index in [4.69, 9.17) is 0 Å². The van der Waals surface area contributed by atoms with Crippen molar-refractivity contribution in [1.82, 2.24) is 0 Å². The summed E-state index contributed by atoms with van der Waals surface area (Å²) in [6, 6.07) is 10.1. The van der Waals surface area contributed by atoms with Gasteiger partial charge in [0.25, 0.3) is 0 Å². The van der Waals surface area contributed by atoms with Gasteiger partial charge in [0.1, 0.15) is 0 Å². The van der Waals surface area contributed by atoms with Gasteiger partial charge in [0.2, 0.25) is 0 Å². The zero-order valence-corrected chi connectivity index (χ0v) is 14.2. The first-order chi connectivity index (χ1) is 11.7. The molecule has 0 aromatic heterocycles. The molecule has 4 nitrogen and oxygen atoms in total. The number of hydrogen-bond acceptors (Lipinski definition) is 2. The van der Waals surface area contributed by atoms with E-state index in [9.17, 15) is 19.8 Å². The molecule has 0 unspecified atom stereocenters. The molecule has 0 fully saturated rings. The fraction of sp³-hybridized carbons (Fsp3) is 0.143. The van der Waals surface area contributed by atoms with Crippen LogP contribution in [-0.4, -0.2) is 22.2 Å². The van der Waals surface area contributed by atoms with Crippen LogP contribution in [0.5, 0.6) is 0 Å². The monoisotopic (exact) mass is 336 g/mol. The highest BCUT2D eigenvalue weighted by Crippen LogP contribution is 2.36. The molecule has 4 heteroatoms. The summed E-state index contributed by atoms with van der Waals surface area (Å²) in [5, 5.41) is 19.2. The summed E-state index contributed by atoms with van der Waals surface area (Å²) in [5.41, 5.74) is 1.91. The molecule has 2 N–H and O–H groups in total. The average Bonchev–Trinajstić information content (AvgIpc) is 2.60. The Labute approximate surface area is 146 Å². The molecule has 0 radical (unpaired) electrons. The molecule has 0 amide bonds. The second kappa shape index (κ2) is 6.77. The van der Waals surface area contributed by atoms with E-state index >= 15 is 0 Å². The Balaban J connectivity index is 2.75. The van der Waals surface area contributed by atoms with Crippen molar-refractivity contribution in [2.45, 2.75) is 19.3 Å². The summed E-state index contributed by atoms with van der Waals surface area (Å²) in [4.78, 5) is 23.4. The Morgan fingerprint density at radius 1 is 0.840 bits per heavy atom. The Kier molecular flexibility index (Phi) is 4.93. The number of carboxylic acid groups (broad SMARTS) is 2. The maximum Gasteiger partial charge on any atom is 0.336 e. The minimum absolute atomic E-state index is 0.131. The van der Waals surface area contributed by atoms with Crippen LogP contribution in [0.4, 0.5) is 0 Å². The topological polar surface area (TPSA) is 74.6 Å². The van der Waals surface area contributed by atoms with Crippen molar-refractivity contribution < 1.29 is 19.8 Å². The van der Waals surface area contributed by atoms with Gasteiger partial charge in [-0.15, -0.1) is 0 Å². The highest BCUT2D eigenvalue weighted by atomic mass is 16.4. The summed E-state index contributed by atoms with van der Waals surface area (Å²) in [6.45, 7) is 10.9. The van der Waals surface area contributed by atoms with Gasteiger partial charge in [0, 0.05) is 5.41 Å². The second-order valence-corrected chi connectivity index (χ2v) is 6.25. The van der Waals surface area contributed by atoms with Gasteiger partial charge in [-0.05, 0) is 34.4 Å². The maximum absolute atomic E-state index is 11.7. The zero-order chi connectivity index (χ0) is 18.8. The summed E-state index contributed by atoms with van der Waals surface area (Å²) in [5.74, 6) is -2.13. The number of carbonyl (C=O) groups is 2. The lowest BCUT2D eigenvalue weighted by Crippen LogP contribution is -2.25.